The Morgan fingerprint density at radius 2 is 0.583 bits per heavy atom. The van der Waals surface area contributed by atoms with E-state index in [-0.39, 0.29) is 39.0 Å². The van der Waals surface area contributed by atoms with E-state index in [1.54, 1.807) is 0 Å². The predicted octanol–water partition coefficient (Wildman–Crippen LogP) is -1.31. The molecule has 0 saturated carbocycles. The van der Waals surface area contributed by atoms with Gasteiger partial charge in [-0.05, 0) is 0 Å². The first-order valence-corrected chi connectivity index (χ1v) is 4.19. The Balaban J connectivity index is -0.0000000457. The molecular formula is H4O8S2Zn2. The van der Waals surface area contributed by atoms with Crippen molar-refractivity contribution in [1.82, 2.24) is 0 Å². The van der Waals surface area contributed by atoms with Gasteiger partial charge in [0.05, 0.1) is 0 Å². The van der Waals surface area contributed by atoms with Crippen LogP contribution in [0.15, 0.2) is 0 Å². The molecule has 0 bridgehead atoms. The van der Waals surface area contributed by atoms with Gasteiger partial charge in [-0.3, -0.25) is 18.2 Å². The van der Waals surface area contributed by atoms with Gasteiger partial charge in [-0.25, -0.2) is 0 Å². The molecule has 0 amide bonds. The normalized spacial score (nSPS) is 9.67. The van der Waals surface area contributed by atoms with E-state index in [1.165, 1.54) is 0 Å². The third kappa shape index (κ3) is 1130. The summed E-state index contributed by atoms with van der Waals surface area (Å²) in [5.41, 5.74) is 0. The molecule has 0 aromatic rings. The summed E-state index contributed by atoms with van der Waals surface area (Å²) in [7, 11) is -9.33. The summed E-state index contributed by atoms with van der Waals surface area (Å²) in [6.07, 6.45) is 0. The first-order chi connectivity index (χ1) is 4.00. The Hall–Kier alpha value is 0.987. The van der Waals surface area contributed by atoms with Gasteiger partial charge >= 0.3 is 20.8 Å². The van der Waals surface area contributed by atoms with Crippen LogP contribution < -0.4 is 0 Å². The largest absolute Gasteiger partial charge is 0.394 e. The predicted molar refractivity (Wildman–Crippen MR) is 28.4 cm³/mol. The van der Waals surface area contributed by atoms with Crippen LogP contribution in [0, 0.1) is 0 Å². The van der Waals surface area contributed by atoms with E-state index in [4.69, 9.17) is 35.0 Å². The molecule has 0 heterocycles. The van der Waals surface area contributed by atoms with Gasteiger partial charge in [-0.15, -0.1) is 0 Å². The molecule has 0 aliphatic rings. The summed E-state index contributed by atoms with van der Waals surface area (Å²) < 4.78 is 63.2. The van der Waals surface area contributed by atoms with E-state index in [2.05, 4.69) is 0 Å². The Kier molecular flexibility index (Phi) is 16.5. The number of rotatable bonds is 0. The zero-order chi connectivity index (χ0) is 9.00. The van der Waals surface area contributed by atoms with Crippen LogP contribution in [0.25, 0.3) is 0 Å². The molecule has 0 atom stereocenters. The fourth-order valence-electron chi connectivity index (χ4n) is 0. The summed E-state index contributed by atoms with van der Waals surface area (Å²) >= 11 is 0. The molecule has 0 radical (unpaired) electrons. The number of hydrogen-bond donors (Lipinski definition) is 4. The van der Waals surface area contributed by atoms with Crippen LogP contribution in [-0.4, -0.2) is 35.0 Å². The van der Waals surface area contributed by atoms with Crippen molar-refractivity contribution in [3.63, 3.8) is 0 Å². The second kappa shape index (κ2) is 8.58. The summed E-state index contributed by atoms with van der Waals surface area (Å²) in [6, 6.07) is 0. The van der Waals surface area contributed by atoms with Crippen molar-refractivity contribution in [2.24, 2.45) is 0 Å². The van der Waals surface area contributed by atoms with Gasteiger partial charge in [0.25, 0.3) is 0 Å². The fraction of sp³-hybridized carbons (Fsp3) is 0. The standard InChI is InChI=1S/2H2O4S.2Zn/c2*1-5(2,3)4;;/h2*(H2,1,2,3,4);;. The zero-order valence-electron chi connectivity index (χ0n) is 5.65. The van der Waals surface area contributed by atoms with Crippen molar-refractivity contribution >= 4 is 20.8 Å². The van der Waals surface area contributed by atoms with E-state index < -0.39 is 20.8 Å². The molecule has 68 valence electrons. The monoisotopic (exact) mass is 324 g/mol. The van der Waals surface area contributed by atoms with Crippen molar-refractivity contribution in [2.45, 2.75) is 0 Å². The van der Waals surface area contributed by atoms with Crippen molar-refractivity contribution < 1.29 is 74.0 Å². The smallest absolute Gasteiger partial charge is 0.264 e. The molecule has 0 rings (SSSR count). The summed E-state index contributed by atoms with van der Waals surface area (Å²) in [6.45, 7) is 0. The van der Waals surface area contributed by atoms with Gasteiger partial charge in [0.2, 0.25) is 0 Å². The van der Waals surface area contributed by atoms with E-state index in [9.17, 15) is 0 Å². The van der Waals surface area contributed by atoms with Crippen LogP contribution in [0.1, 0.15) is 0 Å². The van der Waals surface area contributed by atoms with Gasteiger partial charge in [-0.2, -0.15) is 16.8 Å². The molecule has 0 aliphatic carbocycles. The molecule has 0 aromatic heterocycles. The molecular weight excluding hydrogens is 323 g/mol. The van der Waals surface area contributed by atoms with Gasteiger partial charge in [0, 0.05) is 39.0 Å². The molecule has 8 nitrogen and oxygen atoms in total. The van der Waals surface area contributed by atoms with E-state index in [1.807, 2.05) is 0 Å². The first kappa shape index (κ1) is 23.1. The minimum absolute atomic E-state index is 0. The Labute approximate surface area is 94.4 Å². The van der Waals surface area contributed by atoms with Gasteiger partial charge < -0.3 is 0 Å². The van der Waals surface area contributed by atoms with E-state index in [0.717, 1.165) is 0 Å². The molecule has 0 aromatic carbocycles. The number of hydrogen-bond acceptors (Lipinski definition) is 4. The second-order valence-corrected chi connectivity index (χ2v) is 2.69. The summed E-state index contributed by atoms with van der Waals surface area (Å²) in [5.74, 6) is 0. The topological polar surface area (TPSA) is 149 Å². The van der Waals surface area contributed by atoms with Crippen LogP contribution in [0.2, 0.25) is 0 Å². The molecule has 12 heavy (non-hydrogen) atoms. The third-order valence-corrected chi connectivity index (χ3v) is 0. The molecule has 0 fully saturated rings. The second-order valence-electron chi connectivity index (χ2n) is 0.896. The van der Waals surface area contributed by atoms with Crippen molar-refractivity contribution in [3.05, 3.63) is 0 Å². The van der Waals surface area contributed by atoms with Crippen molar-refractivity contribution in [2.75, 3.05) is 0 Å². The van der Waals surface area contributed by atoms with Crippen LogP contribution >= 0.6 is 0 Å². The maximum atomic E-state index is 8.74. The minimum Gasteiger partial charge on any atom is -0.264 e. The Bertz CT molecular complexity index is 211. The quantitative estimate of drug-likeness (QED) is 0.316. The van der Waals surface area contributed by atoms with Crippen LogP contribution in [0.3, 0.4) is 0 Å². The average molecular weight is 327 g/mol. The van der Waals surface area contributed by atoms with Gasteiger partial charge in [-0.1, -0.05) is 0 Å². The first-order valence-electron chi connectivity index (χ1n) is 1.40. The summed E-state index contributed by atoms with van der Waals surface area (Å²) in [5, 5.41) is 0. The average Bonchev–Trinajstić information content (AvgIpc) is 1.12. The Morgan fingerprint density at radius 3 is 0.583 bits per heavy atom. The zero-order valence-corrected chi connectivity index (χ0v) is 13.2. The Morgan fingerprint density at radius 1 is 0.583 bits per heavy atom. The SMILES string of the molecule is O=S(=O)(O)O.O=S(=O)(O)O.[Zn].[Zn]. The fourth-order valence-corrected chi connectivity index (χ4v) is 0. The third-order valence-electron chi connectivity index (χ3n) is 0. The van der Waals surface area contributed by atoms with Crippen LogP contribution in [0.4, 0.5) is 0 Å². The maximum absolute atomic E-state index is 8.74. The molecule has 0 unspecified atom stereocenters. The van der Waals surface area contributed by atoms with Crippen molar-refractivity contribution in [3.8, 4) is 0 Å². The molecule has 0 aliphatic heterocycles. The van der Waals surface area contributed by atoms with Crippen LogP contribution in [0.5, 0.6) is 0 Å². The van der Waals surface area contributed by atoms with Crippen molar-refractivity contribution in [1.29, 1.82) is 0 Å². The minimum atomic E-state index is -4.67. The molecule has 4 N–H and O–H groups in total. The molecule has 12 heteroatoms. The van der Waals surface area contributed by atoms with Gasteiger partial charge in [0.1, 0.15) is 0 Å². The molecule has 0 saturated heterocycles. The summed E-state index contributed by atoms with van der Waals surface area (Å²) in [4.78, 5) is 0. The van der Waals surface area contributed by atoms with Gasteiger partial charge in [0.15, 0.2) is 0 Å². The molecule has 0 spiro atoms. The van der Waals surface area contributed by atoms with Crippen LogP contribution in [-0.2, 0) is 59.8 Å². The van der Waals surface area contributed by atoms with E-state index >= 15 is 0 Å². The maximum Gasteiger partial charge on any atom is 0.394 e. The van der Waals surface area contributed by atoms with E-state index in [0.29, 0.717) is 0 Å².